The van der Waals surface area contributed by atoms with Crippen molar-refractivity contribution in [3.63, 3.8) is 0 Å². The van der Waals surface area contributed by atoms with Gasteiger partial charge in [-0.1, -0.05) is 11.6 Å². The van der Waals surface area contributed by atoms with Gasteiger partial charge in [-0.15, -0.1) is 5.10 Å². The minimum atomic E-state index is -0.306. The summed E-state index contributed by atoms with van der Waals surface area (Å²) < 4.78 is 5.36. The first-order valence-corrected chi connectivity index (χ1v) is 10.2. The molecule has 0 aliphatic carbocycles. The van der Waals surface area contributed by atoms with E-state index < -0.39 is 0 Å². The summed E-state index contributed by atoms with van der Waals surface area (Å²) in [5, 5.41) is 11.8. The second kappa shape index (κ2) is 9.41. The number of likely N-dealkylation sites (N-methyl/N-ethyl adjacent to an activating group) is 1. The summed E-state index contributed by atoms with van der Waals surface area (Å²) in [7, 11) is 3.54. The number of hydrogen-bond donors (Lipinski definition) is 1. The van der Waals surface area contributed by atoms with Gasteiger partial charge in [-0.25, -0.2) is 0 Å². The van der Waals surface area contributed by atoms with E-state index in [1.54, 1.807) is 19.4 Å². The highest BCUT2D eigenvalue weighted by Crippen LogP contribution is 2.31. The van der Waals surface area contributed by atoms with Crippen LogP contribution in [0, 0.1) is 6.92 Å². The normalized spacial score (nSPS) is 17.4. The molecular formula is C21H28ClN5O2. The van der Waals surface area contributed by atoms with Gasteiger partial charge in [0.15, 0.2) is 5.82 Å². The third kappa shape index (κ3) is 4.97. The van der Waals surface area contributed by atoms with E-state index in [1.165, 1.54) is 0 Å². The minimum absolute atomic E-state index is 0.0865. The Kier molecular flexibility index (Phi) is 6.92. The second-order valence-corrected chi connectivity index (χ2v) is 7.88. The number of rotatable bonds is 7. The zero-order valence-corrected chi connectivity index (χ0v) is 18.1. The molecule has 2 aromatic rings. The van der Waals surface area contributed by atoms with E-state index in [4.69, 9.17) is 16.3 Å². The number of aryl methyl sites for hydroxylation is 1. The molecule has 8 heteroatoms. The highest BCUT2D eigenvalue weighted by Gasteiger charge is 2.29. The Morgan fingerprint density at radius 2 is 2.28 bits per heavy atom. The molecule has 1 aliphatic heterocycles. The number of nitrogens with zero attached hydrogens (tertiary/aromatic N) is 4. The van der Waals surface area contributed by atoms with E-state index >= 15 is 0 Å². The van der Waals surface area contributed by atoms with Crippen molar-refractivity contribution < 1.29 is 9.53 Å². The molecule has 7 nitrogen and oxygen atoms in total. The van der Waals surface area contributed by atoms with E-state index in [9.17, 15) is 4.79 Å². The van der Waals surface area contributed by atoms with Gasteiger partial charge in [0, 0.05) is 36.4 Å². The minimum Gasteiger partial charge on any atom is -0.495 e. The zero-order chi connectivity index (χ0) is 21.0. The summed E-state index contributed by atoms with van der Waals surface area (Å²) in [4.78, 5) is 17.2. The number of amides is 1. The van der Waals surface area contributed by atoms with Gasteiger partial charge in [0.05, 0.1) is 18.8 Å². The lowest BCUT2D eigenvalue weighted by atomic mass is 10.1. The SMILES string of the molecule is COc1cc(Cl)c(C)cc1NC(=O)C(C)N(C)CC1CCCN1c1cccnn1. The fourth-order valence-corrected chi connectivity index (χ4v) is 3.79. The molecule has 0 radical (unpaired) electrons. The molecule has 29 heavy (non-hydrogen) atoms. The highest BCUT2D eigenvalue weighted by molar-refractivity contribution is 6.31. The molecule has 1 aromatic heterocycles. The van der Waals surface area contributed by atoms with Crippen LogP contribution in [0.4, 0.5) is 11.5 Å². The molecule has 1 aromatic carbocycles. The number of benzene rings is 1. The number of ether oxygens (including phenoxy) is 1. The van der Waals surface area contributed by atoms with E-state index in [1.807, 2.05) is 39.1 Å². The lowest BCUT2D eigenvalue weighted by Crippen LogP contribution is -2.46. The van der Waals surface area contributed by atoms with Gasteiger partial charge < -0.3 is 15.0 Å². The lowest BCUT2D eigenvalue weighted by molar-refractivity contribution is -0.120. The fourth-order valence-electron chi connectivity index (χ4n) is 3.63. The van der Waals surface area contributed by atoms with Crippen LogP contribution in [0.15, 0.2) is 30.5 Å². The van der Waals surface area contributed by atoms with Crippen LogP contribution in [-0.2, 0) is 4.79 Å². The molecule has 1 saturated heterocycles. The van der Waals surface area contributed by atoms with Gasteiger partial charge in [0.25, 0.3) is 0 Å². The number of carbonyl (C=O) groups excluding carboxylic acids is 1. The van der Waals surface area contributed by atoms with Crippen molar-refractivity contribution in [3.05, 3.63) is 41.0 Å². The number of hydrogen-bond acceptors (Lipinski definition) is 6. The summed E-state index contributed by atoms with van der Waals surface area (Å²) in [6.45, 7) is 5.53. The van der Waals surface area contributed by atoms with Crippen LogP contribution in [0.3, 0.4) is 0 Å². The first-order valence-electron chi connectivity index (χ1n) is 9.80. The van der Waals surface area contributed by atoms with Crippen molar-refractivity contribution in [2.45, 2.75) is 38.8 Å². The van der Waals surface area contributed by atoms with Crippen LogP contribution in [0.1, 0.15) is 25.3 Å². The summed E-state index contributed by atoms with van der Waals surface area (Å²) in [5.74, 6) is 1.35. The number of methoxy groups -OCH3 is 1. The van der Waals surface area contributed by atoms with Crippen molar-refractivity contribution in [2.24, 2.45) is 0 Å². The van der Waals surface area contributed by atoms with Crippen molar-refractivity contribution in [2.75, 3.05) is 37.5 Å². The van der Waals surface area contributed by atoms with Crippen molar-refractivity contribution in [3.8, 4) is 5.75 Å². The van der Waals surface area contributed by atoms with Crippen LogP contribution in [-0.4, -0.2) is 60.3 Å². The molecule has 1 N–H and O–H groups in total. The van der Waals surface area contributed by atoms with Crippen LogP contribution >= 0.6 is 11.6 Å². The summed E-state index contributed by atoms with van der Waals surface area (Å²) in [6.07, 6.45) is 3.86. The van der Waals surface area contributed by atoms with Gasteiger partial charge in [-0.3, -0.25) is 9.69 Å². The van der Waals surface area contributed by atoms with Crippen molar-refractivity contribution >= 4 is 29.0 Å². The Bertz CT molecular complexity index is 848. The van der Waals surface area contributed by atoms with Gasteiger partial charge in [-0.05, 0) is 57.5 Å². The summed E-state index contributed by atoms with van der Waals surface area (Å²) in [6, 6.07) is 7.44. The first-order chi connectivity index (χ1) is 13.9. The van der Waals surface area contributed by atoms with Gasteiger partial charge >= 0.3 is 0 Å². The maximum atomic E-state index is 12.9. The summed E-state index contributed by atoms with van der Waals surface area (Å²) >= 11 is 6.16. The van der Waals surface area contributed by atoms with Crippen LogP contribution < -0.4 is 15.0 Å². The number of aromatic nitrogens is 2. The smallest absolute Gasteiger partial charge is 0.241 e. The molecule has 0 spiro atoms. The van der Waals surface area contributed by atoms with E-state index in [0.29, 0.717) is 22.5 Å². The zero-order valence-electron chi connectivity index (χ0n) is 17.4. The predicted molar refractivity (Wildman–Crippen MR) is 116 cm³/mol. The topological polar surface area (TPSA) is 70.6 Å². The number of anilines is 2. The lowest BCUT2D eigenvalue weighted by Gasteiger charge is -2.31. The molecule has 1 aliphatic rings. The van der Waals surface area contributed by atoms with E-state index in [0.717, 1.165) is 37.3 Å². The molecule has 2 unspecified atom stereocenters. The first kappa shape index (κ1) is 21.3. The fraction of sp³-hybridized carbons (Fsp3) is 0.476. The third-order valence-electron chi connectivity index (χ3n) is 5.51. The Balaban J connectivity index is 1.65. The number of carbonyl (C=O) groups is 1. The van der Waals surface area contributed by atoms with Gasteiger partial charge in [0.2, 0.25) is 5.91 Å². The van der Waals surface area contributed by atoms with Crippen LogP contribution in [0.5, 0.6) is 5.75 Å². The molecule has 0 saturated carbocycles. The molecule has 0 bridgehead atoms. The van der Waals surface area contributed by atoms with Crippen LogP contribution in [0.25, 0.3) is 0 Å². The Labute approximate surface area is 177 Å². The van der Waals surface area contributed by atoms with Crippen molar-refractivity contribution in [1.82, 2.24) is 15.1 Å². The van der Waals surface area contributed by atoms with Gasteiger partial charge in [0.1, 0.15) is 5.75 Å². The molecule has 1 fully saturated rings. The molecule has 1 amide bonds. The van der Waals surface area contributed by atoms with Crippen LogP contribution in [0.2, 0.25) is 5.02 Å². The monoisotopic (exact) mass is 417 g/mol. The summed E-state index contributed by atoms with van der Waals surface area (Å²) in [5.41, 5.74) is 1.51. The van der Waals surface area contributed by atoms with E-state index in [-0.39, 0.29) is 11.9 Å². The number of nitrogens with one attached hydrogen (secondary N) is 1. The van der Waals surface area contributed by atoms with Gasteiger partial charge in [-0.2, -0.15) is 5.10 Å². The standard InChI is InChI=1S/C21H28ClN5O2/c1-14-11-18(19(29-4)12-17(14)22)24-21(28)15(2)26(3)13-16-7-6-10-27(16)20-8-5-9-23-25-20/h5,8-9,11-12,15-16H,6-7,10,13H2,1-4H3,(H,24,28). The third-order valence-corrected chi connectivity index (χ3v) is 5.91. The predicted octanol–water partition coefficient (Wildman–Crippen LogP) is 3.37. The quantitative estimate of drug-likeness (QED) is 0.744. The molecule has 2 atom stereocenters. The van der Waals surface area contributed by atoms with E-state index in [2.05, 4.69) is 25.3 Å². The largest absolute Gasteiger partial charge is 0.495 e. The Morgan fingerprint density at radius 1 is 1.48 bits per heavy atom. The molecular weight excluding hydrogens is 390 g/mol. The molecule has 2 heterocycles. The average molecular weight is 418 g/mol. The Morgan fingerprint density at radius 3 is 2.97 bits per heavy atom. The highest BCUT2D eigenvalue weighted by atomic mass is 35.5. The maximum absolute atomic E-state index is 12.9. The average Bonchev–Trinajstić information content (AvgIpc) is 3.18. The Hall–Kier alpha value is -2.38. The van der Waals surface area contributed by atoms with Crippen molar-refractivity contribution in [1.29, 1.82) is 0 Å². The molecule has 156 valence electrons. The number of halogens is 1. The second-order valence-electron chi connectivity index (χ2n) is 7.48. The molecule has 3 rings (SSSR count). The maximum Gasteiger partial charge on any atom is 0.241 e.